The van der Waals surface area contributed by atoms with Gasteiger partial charge in [-0.25, -0.2) is 0 Å². The minimum absolute atomic E-state index is 0.0448. The lowest BCUT2D eigenvalue weighted by molar-refractivity contribution is -0.136. The number of carbonyl (C=O) groups is 2. The first-order valence-electron chi connectivity index (χ1n) is 5.63. The van der Waals surface area contributed by atoms with E-state index in [1.54, 1.807) is 6.07 Å². The molecule has 0 saturated carbocycles. The van der Waals surface area contributed by atoms with E-state index in [1.165, 1.54) is 0 Å². The average Bonchev–Trinajstić information content (AvgIpc) is 2.34. The number of aliphatic carboxylic acids is 1. The Hall–Kier alpha value is -2.08. The fourth-order valence-corrected chi connectivity index (χ4v) is 1.67. The molecule has 0 atom stereocenters. The van der Waals surface area contributed by atoms with E-state index in [1.807, 2.05) is 12.1 Å². The van der Waals surface area contributed by atoms with E-state index in [4.69, 9.17) is 9.84 Å². The number of hydrogen-bond donors (Lipinski definition) is 3. The van der Waals surface area contributed by atoms with Crippen LogP contribution >= 0.6 is 0 Å². The summed E-state index contributed by atoms with van der Waals surface area (Å²) >= 11 is 0. The summed E-state index contributed by atoms with van der Waals surface area (Å²) < 4.78 is 5.24. The Labute approximate surface area is 104 Å². The SMILES string of the molecule is O=C(O)CCNCc1ccc2c(c1)NC(=O)CO2. The van der Waals surface area contributed by atoms with Gasteiger partial charge >= 0.3 is 5.97 Å². The molecule has 1 aliphatic rings. The minimum Gasteiger partial charge on any atom is -0.482 e. The van der Waals surface area contributed by atoms with Gasteiger partial charge in [-0.1, -0.05) is 6.07 Å². The number of hydrogen-bond acceptors (Lipinski definition) is 4. The molecule has 0 spiro atoms. The number of carbonyl (C=O) groups excluding carboxylic acids is 1. The first-order valence-corrected chi connectivity index (χ1v) is 5.63. The van der Waals surface area contributed by atoms with Crippen LogP contribution in [0.15, 0.2) is 18.2 Å². The predicted molar refractivity (Wildman–Crippen MR) is 64.5 cm³/mol. The van der Waals surface area contributed by atoms with Crippen LogP contribution in [-0.2, 0) is 16.1 Å². The van der Waals surface area contributed by atoms with Crippen molar-refractivity contribution in [1.29, 1.82) is 0 Å². The minimum atomic E-state index is -0.825. The molecule has 0 radical (unpaired) electrons. The Kier molecular flexibility index (Phi) is 3.78. The van der Waals surface area contributed by atoms with Gasteiger partial charge in [0.25, 0.3) is 5.91 Å². The number of carboxylic acid groups (broad SMARTS) is 1. The standard InChI is InChI=1S/C12H14N2O4/c15-11-7-18-10-2-1-8(5-9(10)14-11)6-13-4-3-12(16)17/h1-2,5,13H,3-4,6-7H2,(H,14,15)(H,16,17). The third-order valence-electron chi connectivity index (χ3n) is 2.52. The van der Waals surface area contributed by atoms with Gasteiger partial charge in [0.05, 0.1) is 12.1 Å². The Morgan fingerprint density at radius 2 is 2.33 bits per heavy atom. The van der Waals surface area contributed by atoms with Gasteiger partial charge < -0.3 is 20.5 Å². The van der Waals surface area contributed by atoms with E-state index in [0.29, 0.717) is 24.5 Å². The van der Waals surface area contributed by atoms with Crippen molar-refractivity contribution < 1.29 is 19.4 Å². The molecule has 0 bridgehead atoms. The first-order chi connectivity index (χ1) is 8.65. The monoisotopic (exact) mass is 250 g/mol. The van der Waals surface area contributed by atoms with Gasteiger partial charge in [0, 0.05) is 13.1 Å². The Bertz CT molecular complexity index is 473. The van der Waals surface area contributed by atoms with Crippen molar-refractivity contribution in [1.82, 2.24) is 5.32 Å². The van der Waals surface area contributed by atoms with Crippen molar-refractivity contribution in [2.45, 2.75) is 13.0 Å². The average molecular weight is 250 g/mol. The molecule has 1 heterocycles. The molecule has 2 rings (SSSR count). The number of nitrogens with one attached hydrogen (secondary N) is 2. The Morgan fingerprint density at radius 3 is 3.11 bits per heavy atom. The van der Waals surface area contributed by atoms with E-state index in [-0.39, 0.29) is 18.9 Å². The number of rotatable bonds is 5. The molecule has 6 heteroatoms. The van der Waals surface area contributed by atoms with Crippen molar-refractivity contribution in [3.05, 3.63) is 23.8 Å². The zero-order valence-corrected chi connectivity index (χ0v) is 9.73. The number of anilines is 1. The van der Waals surface area contributed by atoms with Gasteiger partial charge in [-0.2, -0.15) is 0 Å². The van der Waals surface area contributed by atoms with Gasteiger partial charge in [0.2, 0.25) is 0 Å². The van der Waals surface area contributed by atoms with Crippen LogP contribution in [0.3, 0.4) is 0 Å². The highest BCUT2D eigenvalue weighted by molar-refractivity contribution is 5.95. The molecule has 0 saturated heterocycles. The second-order valence-corrected chi connectivity index (χ2v) is 3.99. The lowest BCUT2D eigenvalue weighted by Crippen LogP contribution is -2.25. The molecule has 1 aliphatic heterocycles. The van der Waals surface area contributed by atoms with E-state index in [0.717, 1.165) is 5.56 Å². The number of carboxylic acids is 1. The van der Waals surface area contributed by atoms with Crippen LogP contribution in [0.1, 0.15) is 12.0 Å². The molecule has 18 heavy (non-hydrogen) atoms. The van der Waals surface area contributed by atoms with Gasteiger partial charge in [-0.3, -0.25) is 9.59 Å². The normalized spacial score (nSPS) is 13.4. The lowest BCUT2D eigenvalue weighted by Gasteiger charge is -2.18. The first kappa shape index (κ1) is 12.4. The quantitative estimate of drug-likeness (QED) is 0.665. The van der Waals surface area contributed by atoms with Crippen LogP contribution < -0.4 is 15.4 Å². The lowest BCUT2D eigenvalue weighted by atomic mass is 10.1. The number of benzene rings is 1. The molecule has 3 N–H and O–H groups in total. The van der Waals surface area contributed by atoms with E-state index < -0.39 is 5.97 Å². The molecule has 0 fully saturated rings. The molecular weight excluding hydrogens is 236 g/mol. The topological polar surface area (TPSA) is 87.7 Å². The molecule has 1 aromatic rings. The molecule has 96 valence electrons. The summed E-state index contributed by atoms with van der Waals surface area (Å²) in [5.74, 6) is -0.337. The third kappa shape index (κ3) is 3.21. The van der Waals surface area contributed by atoms with Crippen LogP contribution in [0, 0.1) is 0 Å². The summed E-state index contributed by atoms with van der Waals surface area (Å²) in [6.45, 7) is 1.01. The molecule has 1 aromatic carbocycles. The summed E-state index contributed by atoms with van der Waals surface area (Å²) in [5, 5.41) is 14.2. The van der Waals surface area contributed by atoms with Gasteiger partial charge in [0.1, 0.15) is 5.75 Å². The van der Waals surface area contributed by atoms with Crippen molar-refractivity contribution in [2.75, 3.05) is 18.5 Å². The smallest absolute Gasteiger partial charge is 0.304 e. The van der Waals surface area contributed by atoms with Gasteiger partial charge in [0.15, 0.2) is 6.61 Å². The summed E-state index contributed by atoms with van der Waals surface area (Å²) in [7, 11) is 0. The van der Waals surface area contributed by atoms with E-state index in [9.17, 15) is 9.59 Å². The predicted octanol–water partition coefficient (Wildman–Crippen LogP) is 0.582. The van der Waals surface area contributed by atoms with Crippen molar-refractivity contribution in [3.63, 3.8) is 0 Å². The summed E-state index contributed by atoms with van der Waals surface area (Å²) in [6, 6.07) is 5.49. The van der Waals surface area contributed by atoms with Crippen molar-refractivity contribution in [2.24, 2.45) is 0 Å². The summed E-state index contributed by atoms with van der Waals surface area (Å²) in [4.78, 5) is 21.5. The maximum Gasteiger partial charge on any atom is 0.304 e. The van der Waals surface area contributed by atoms with Crippen LogP contribution in [0.25, 0.3) is 0 Å². The Balaban J connectivity index is 1.92. The fourth-order valence-electron chi connectivity index (χ4n) is 1.67. The number of ether oxygens (including phenoxy) is 1. The number of fused-ring (bicyclic) bond motifs is 1. The molecule has 1 amide bonds. The van der Waals surface area contributed by atoms with E-state index in [2.05, 4.69) is 10.6 Å². The highest BCUT2D eigenvalue weighted by Crippen LogP contribution is 2.28. The summed E-state index contributed by atoms with van der Waals surface area (Å²) in [6.07, 6.45) is 0.0881. The third-order valence-corrected chi connectivity index (χ3v) is 2.52. The van der Waals surface area contributed by atoms with Crippen molar-refractivity contribution >= 4 is 17.6 Å². The Morgan fingerprint density at radius 1 is 1.50 bits per heavy atom. The maximum absolute atomic E-state index is 11.2. The zero-order valence-electron chi connectivity index (χ0n) is 9.73. The molecule has 6 nitrogen and oxygen atoms in total. The second-order valence-electron chi connectivity index (χ2n) is 3.99. The maximum atomic E-state index is 11.2. The summed E-state index contributed by atoms with van der Waals surface area (Å²) in [5.41, 5.74) is 1.62. The highest BCUT2D eigenvalue weighted by atomic mass is 16.5. The fraction of sp³-hybridized carbons (Fsp3) is 0.333. The van der Waals surface area contributed by atoms with Crippen LogP contribution in [0.4, 0.5) is 5.69 Å². The number of amides is 1. The van der Waals surface area contributed by atoms with E-state index >= 15 is 0 Å². The van der Waals surface area contributed by atoms with Crippen molar-refractivity contribution in [3.8, 4) is 5.75 Å². The molecule has 0 aliphatic carbocycles. The second kappa shape index (κ2) is 5.50. The van der Waals surface area contributed by atoms with Gasteiger partial charge in [-0.05, 0) is 17.7 Å². The molecule has 0 unspecified atom stereocenters. The van der Waals surface area contributed by atoms with Crippen LogP contribution in [-0.4, -0.2) is 30.1 Å². The molecular formula is C12H14N2O4. The largest absolute Gasteiger partial charge is 0.482 e. The van der Waals surface area contributed by atoms with Gasteiger partial charge in [-0.15, -0.1) is 0 Å². The zero-order chi connectivity index (χ0) is 13.0. The molecule has 0 aromatic heterocycles. The highest BCUT2D eigenvalue weighted by Gasteiger charge is 2.15. The van der Waals surface area contributed by atoms with Crippen LogP contribution in [0.2, 0.25) is 0 Å². The van der Waals surface area contributed by atoms with Crippen LogP contribution in [0.5, 0.6) is 5.75 Å².